The van der Waals surface area contributed by atoms with Crippen LogP contribution in [0.1, 0.15) is 49.7 Å². The lowest BCUT2D eigenvalue weighted by Gasteiger charge is -2.26. The van der Waals surface area contributed by atoms with Crippen molar-refractivity contribution in [3.05, 3.63) is 81.5 Å². The number of hydrogen-bond acceptors (Lipinski definition) is 13. The molecule has 0 atom stereocenters. The highest BCUT2D eigenvalue weighted by atomic mass is 32.2. The SMILES string of the molecule is [C-]#[N+]/C(C#N)=C1/Sc2c(C)ccc(OC(=O)C3CCC(C(=O)Oc4ccc(CCOC(=O)CCC(=O)OCCOC(=O)C=C)cc4)CC3)c2S1. The first-order valence-electron chi connectivity index (χ1n) is 15.8. The van der Waals surface area contributed by atoms with Crippen LogP contribution in [-0.2, 0) is 44.6 Å². The maximum atomic E-state index is 13.1. The number of nitriles is 1. The summed E-state index contributed by atoms with van der Waals surface area (Å²) in [5.74, 6) is -2.47. The number of esters is 5. The van der Waals surface area contributed by atoms with Gasteiger partial charge in [0.2, 0.25) is 0 Å². The number of carbonyl (C=O) groups is 5. The first-order chi connectivity index (χ1) is 24.1. The van der Waals surface area contributed by atoms with Gasteiger partial charge in [0.1, 0.15) is 24.7 Å². The van der Waals surface area contributed by atoms with E-state index in [4.69, 9.17) is 25.5 Å². The van der Waals surface area contributed by atoms with E-state index in [0.717, 1.165) is 27.0 Å². The third-order valence-corrected chi connectivity index (χ3v) is 10.5. The van der Waals surface area contributed by atoms with Gasteiger partial charge in [-0.25, -0.2) is 14.9 Å². The van der Waals surface area contributed by atoms with E-state index in [-0.39, 0.29) is 62.1 Å². The Bertz CT molecular complexity index is 1730. The molecule has 12 nitrogen and oxygen atoms in total. The fourth-order valence-corrected chi connectivity index (χ4v) is 7.58. The second-order valence-corrected chi connectivity index (χ2v) is 13.5. The minimum atomic E-state index is -0.622. The Labute approximate surface area is 297 Å². The van der Waals surface area contributed by atoms with Crippen molar-refractivity contribution in [2.24, 2.45) is 11.8 Å². The van der Waals surface area contributed by atoms with Crippen molar-refractivity contribution in [3.63, 3.8) is 0 Å². The van der Waals surface area contributed by atoms with Gasteiger partial charge < -0.3 is 23.7 Å². The van der Waals surface area contributed by atoms with E-state index in [1.165, 1.54) is 23.5 Å². The number of thioether (sulfide) groups is 2. The molecule has 0 bridgehead atoms. The molecule has 1 heterocycles. The monoisotopic (exact) mass is 718 g/mol. The van der Waals surface area contributed by atoms with Gasteiger partial charge in [-0.05, 0) is 61.9 Å². The molecule has 0 amide bonds. The van der Waals surface area contributed by atoms with Crippen LogP contribution in [0.3, 0.4) is 0 Å². The minimum absolute atomic E-state index is 0.00653. The van der Waals surface area contributed by atoms with Crippen molar-refractivity contribution < 1.29 is 47.7 Å². The van der Waals surface area contributed by atoms with Crippen LogP contribution in [0, 0.1) is 36.7 Å². The predicted molar refractivity (Wildman–Crippen MR) is 181 cm³/mol. The number of fused-ring (bicyclic) bond motifs is 1. The van der Waals surface area contributed by atoms with Crippen molar-refractivity contribution in [2.45, 2.75) is 61.7 Å². The van der Waals surface area contributed by atoms with E-state index in [9.17, 15) is 29.2 Å². The fourth-order valence-electron chi connectivity index (χ4n) is 5.03. The van der Waals surface area contributed by atoms with Crippen LogP contribution in [0.25, 0.3) is 4.85 Å². The Morgan fingerprint density at radius 2 is 1.44 bits per heavy atom. The highest BCUT2D eigenvalue weighted by Crippen LogP contribution is 2.57. The number of hydrogen-bond donors (Lipinski definition) is 0. The average Bonchev–Trinajstić information content (AvgIpc) is 3.58. The molecule has 50 heavy (non-hydrogen) atoms. The molecule has 2 aromatic carbocycles. The molecule has 14 heteroatoms. The van der Waals surface area contributed by atoms with E-state index >= 15 is 0 Å². The Hall–Kier alpha value is -5.05. The normalized spacial score (nSPS) is 17.2. The first kappa shape index (κ1) is 37.8. The zero-order valence-corrected chi connectivity index (χ0v) is 28.9. The van der Waals surface area contributed by atoms with E-state index in [1.807, 2.05) is 19.1 Å². The van der Waals surface area contributed by atoms with E-state index in [2.05, 4.69) is 16.2 Å². The fraction of sp³-hybridized carbons (Fsp3) is 0.361. The number of rotatable bonds is 14. The number of allylic oxidation sites excluding steroid dienone is 1. The first-order valence-corrected chi connectivity index (χ1v) is 17.4. The van der Waals surface area contributed by atoms with Crippen LogP contribution in [0.2, 0.25) is 0 Å². The highest BCUT2D eigenvalue weighted by molar-refractivity contribution is 8.24. The van der Waals surface area contributed by atoms with E-state index in [1.54, 1.807) is 30.3 Å². The molecule has 0 saturated heterocycles. The van der Waals surface area contributed by atoms with Gasteiger partial charge in [0, 0.05) is 17.4 Å². The molecule has 0 N–H and O–H groups in total. The van der Waals surface area contributed by atoms with Crippen LogP contribution in [0.5, 0.6) is 11.5 Å². The molecule has 260 valence electrons. The summed E-state index contributed by atoms with van der Waals surface area (Å²) in [7, 11) is 0. The van der Waals surface area contributed by atoms with Crippen LogP contribution in [-0.4, -0.2) is 49.7 Å². The van der Waals surface area contributed by atoms with Crippen LogP contribution >= 0.6 is 23.5 Å². The van der Waals surface area contributed by atoms with Crippen molar-refractivity contribution in [1.82, 2.24) is 0 Å². The molecular formula is C36H34N2O10S2. The van der Waals surface area contributed by atoms with E-state index in [0.29, 0.717) is 47.8 Å². The zero-order chi connectivity index (χ0) is 36.0. The second-order valence-electron chi connectivity index (χ2n) is 11.2. The summed E-state index contributed by atoms with van der Waals surface area (Å²) in [6.45, 7) is 12.3. The van der Waals surface area contributed by atoms with Gasteiger partial charge in [-0.1, -0.05) is 48.3 Å². The highest BCUT2D eigenvalue weighted by Gasteiger charge is 2.34. The number of aryl methyl sites for hydroxylation is 1. The van der Waals surface area contributed by atoms with Gasteiger partial charge in [0.05, 0.1) is 53.1 Å². The maximum absolute atomic E-state index is 13.1. The van der Waals surface area contributed by atoms with Gasteiger partial charge in [-0.15, -0.1) is 0 Å². The number of benzene rings is 2. The third kappa shape index (κ3) is 10.7. The largest absolute Gasteiger partial charge is 0.465 e. The topological polar surface area (TPSA) is 160 Å². The molecule has 1 saturated carbocycles. The average molecular weight is 719 g/mol. The smallest absolute Gasteiger partial charge is 0.330 e. The van der Waals surface area contributed by atoms with Gasteiger partial charge >= 0.3 is 29.8 Å². The molecule has 1 aliphatic heterocycles. The van der Waals surface area contributed by atoms with Crippen LogP contribution in [0.15, 0.2) is 68.8 Å². The molecule has 0 radical (unpaired) electrons. The minimum Gasteiger partial charge on any atom is -0.465 e. The molecule has 1 aliphatic carbocycles. The summed E-state index contributed by atoms with van der Waals surface area (Å²) < 4.78 is 26.7. The summed E-state index contributed by atoms with van der Waals surface area (Å²) in [6, 6.07) is 12.3. The summed E-state index contributed by atoms with van der Waals surface area (Å²) in [5.41, 5.74) is 1.82. The van der Waals surface area contributed by atoms with Gasteiger partial charge in [-0.3, -0.25) is 19.2 Å². The number of ether oxygens (including phenoxy) is 5. The summed E-state index contributed by atoms with van der Waals surface area (Å²) in [4.78, 5) is 65.4. The Morgan fingerprint density at radius 1 is 0.860 bits per heavy atom. The van der Waals surface area contributed by atoms with Crippen LogP contribution in [0.4, 0.5) is 0 Å². The van der Waals surface area contributed by atoms with E-state index < -0.39 is 17.9 Å². The molecule has 4 rings (SSSR count). The quantitative estimate of drug-likeness (QED) is 0.0410. The summed E-state index contributed by atoms with van der Waals surface area (Å²) in [5, 5.41) is 9.28. The Morgan fingerprint density at radius 3 is 2.04 bits per heavy atom. The molecule has 0 spiro atoms. The number of nitrogens with zero attached hydrogens (tertiary/aromatic N) is 2. The molecule has 0 unspecified atom stereocenters. The van der Waals surface area contributed by atoms with Gasteiger partial charge in [-0.2, -0.15) is 0 Å². The Kier molecular flexibility index (Phi) is 14.1. The maximum Gasteiger partial charge on any atom is 0.330 e. The van der Waals surface area contributed by atoms with Gasteiger partial charge in [0.15, 0.2) is 0 Å². The lowest BCUT2D eigenvalue weighted by molar-refractivity contribution is -0.152. The molecule has 2 aliphatic rings. The standard InChI is InChI=1S/C36H34N2O10S2/c1-4-29(39)45-19-20-46-31(41)16-15-30(40)44-18-17-23-6-12-26(13-7-23)47-34(42)24-8-10-25(11-9-24)35(43)48-28-14-5-22(2)32-33(28)50-36(49-32)27(21-37)38-3/h4-7,12-14,24-25H,1,8-11,15-20H2,2H3/b36-27-. The van der Waals surface area contributed by atoms with Crippen molar-refractivity contribution in [1.29, 1.82) is 5.26 Å². The summed E-state index contributed by atoms with van der Waals surface area (Å²) >= 11 is 2.60. The van der Waals surface area contributed by atoms with Crippen molar-refractivity contribution in [3.8, 4) is 17.6 Å². The lowest BCUT2D eigenvalue weighted by Crippen LogP contribution is -2.30. The predicted octanol–water partition coefficient (Wildman–Crippen LogP) is 6.26. The number of carbonyl (C=O) groups excluding carboxylic acids is 5. The van der Waals surface area contributed by atoms with Crippen LogP contribution < -0.4 is 9.47 Å². The summed E-state index contributed by atoms with van der Waals surface area (Å²) in [6.07, 6.45) is 3.01. The van der Waals surface area contributed by atoms with Crippen molar-refractivity contribution >= 4 is 53.4 Å². The zero-order valence-electron chi connectivity index (χ0n) is 27.3. The Balaban J connectivity index is 1.15. The molecule has 0 aromatic heterocycles. The lowest BCUT2D eigenvalue weighted by atomic mass is 9.82. The molecular weight excluding hydrogens is 685 g/mol. The molecule has 2 aromatic rings. The second kappa shape index (κ2) is 18.6. The third-order valence-electron chi connectivity index (χ3n) is 7.76. The van der Waals surface area contributed by atoms with Crippen molar-refractivity contribution in [2.75, 3.05) is 19.8 Å². The van der Waals surface area contributed by atoms with Gasteiger partial charge in [0.25, 0.3) is 5.70 Å². The molecule has 1 fully saturated rings.